The van der Waals surface area contributed by atoms with Crippen molar-refractivity contribution >= 4 is 62.3 Å². The molecule has 1 saturated carbocycles. The maximum absolute atomic E-state index is 14.3. The lowest BCUT2D eigenvalue weighted by molar-refractivity contribution is -0.140. The van der Waals surface area contributed by atoms with E-state index in [2.05, 4.69) is 5.32 Å². The quantitative estimate of drug-likeness (QED) is 0.231. The maximum atomic E-state index is 14.3. The first-order valence-corrected chi connectivity index (χ1v) is 17.0. The van der Waals surface area contributed by atoms with E-state index in [9.17, 15) is 18.0 Å². The highest BCUT2D eigenvalue weighted by atomic mass is 35.5. The normalized spacial score (nSPS) is 14.6. The van der Waals surface area contributed by atoms with Crippen LogP contribution in [0.1, 0.15) is 56.6 Å². The van der Waals surface area contributed by atoms with Gasteiger partial charge in [0.2, 0.25) is 11.8 Å². The number of rotatable bonds is 11. The molecule has 0 aliphatic heterocycles. The zero-order valence-corrected chi connectivity index (χ0v) is 27.3. The van der Waals surface area contributed by atoms with E-state index in [1.165, 1.54) is 17.0 Å². The Morgan fingerprint density at radius 3 is 2.12 bits per heavy atom. The predicted molar refractivity (Wildman–Crippen MR) is 173 cm³/mol. The summed E-state index contributed by atoms with van der Waals surface area (Å²) in [5, 5.41) is 4.17. The van der Waals surface area contributed by atoms with Crippen molar-refractivity contribution in [2.24, 2.45) is 0 Å². The molecule has 43 heavy (non-hydrogen) atoms. The molecule has 0 unspecified atom stereocenters. The number of hydrogen-bond donors (Lipinski definition) is 1. The third-order valence-corrected chi connectivity index (χ3v) is 10.7. The van der Waals surface area contributed by atoms with Crippen LogP contribution in [0.15, 0.2) is 71.6 Å². The van der Waals surface area contributed by atoms with E-state index < -0.39 is 28.5 Å². The van der Waals surface area contributed by atoms with Gasteiger partial charge in [-0.15, -0.1) is 0 Å². The third kappa shape index (κ3) is 7.85. The van der Waals surface area contributed by atoms with Gasteiger partial charge >= 0.3 is 0 Å². The fourth-order valence-electron chi connectivity index (χ4n) is 5.42. The van der Waals surface area contributed by atoms with Gasteiger partial charge in [-0.25, -0.2) is 8.42 Å². The van der Waals surface area contributed by atoms with E-state index >= 15 is 0 Å². The molecule has 3 aromatic carbocycles. The highest BCUT2D eigenvalue weighted by Gasteiger charge is 2.35. The molecule has 1 atom stereocenters. The summed E-state index contributed by atoms with van der Waals surface area (Å²) in [7, 11) is -4.21. The minimum atomic E-state index is -4.21. The van der Waals surface area contributed by atoms with Crippen molar-refractivity contribution in [2.45, 2.75) is 75.9 Å². The van der Waals surface area contributed by atoms with Crippen LogP contribution in [0.5, 0.6) is 0 Å². The van der Waals surface area contributed by atoms with Crippen LogP contribution in [-0.2, 0) is 26.2 Å². The molecule has 2 amide bonds. The SMILES string of the molecule is CC[C@H](C(=O)NC1CCCCC1)N(Cc1c(Cl)cccc1Cl)C(=O)CN(c1cccc(Cl)c1C)S(=O)(=O)c1ccccc1. The molecule has 0 bridgehead atoms. The summed E-state index contributed by atoms with van der Waals surface area (Å²) in [4.78, 5) is 29.5. The first-order valence-electron chi connectivity index (χ1n) is 14.4. The fourth-order valence-corrected chi connectivity index (χ4v) is 7.60. The summed E-state index contributed by atoms with van der Waals surface area (Å²) in [6.07, 6.45) is 5.25. The van der Waals surface area contributed by atoms with Gasteiger partial charge in [-0.2, -0.15) is 0 Å². The minimum absolute atomic E-state index is 0.0185. The van der Waals surface area contributed by atoms with Crippen molar-refractivity contribution in [2.75, 3.05) is 10.8 Å². The van der Waals surface area contributed by atoms with Gasteiger partial charge in [0.1, 0.15) is 12.6 Å². The Kier molecular flexibility index (Phi) is 11.4. The molecule has 0 aromatic heterocycles. The first kappa shape index (κ1) is 33.1. The summed E-state index contributed by atoms with van der Waals surface area (Å²) in [5.41, 5.74) is 1.24. The van der Waals surface area contributed by atoms with Gasteiger partial charge < -0.3 is 10.2 Å². The van der Waals surface area contributed by atoms with Gasteiger partial charge in [-0.1, -0.05) is 91.3 Å². The number of anilines is 1. The summed E-state index contributed by atoms with van der Waals surface area (Å²) < 4.78 is 29.1. The van der Waals surface area contributed by atoms with Gasteiger partial charge in [0.15, 0.2) is 0 Å². The zero-order valence-electron chi connectivity index (χ0n) is 24.2. The molecule has 0 heterocycles. The number of nitrogens with one attached hydrogen (secondary N) is 1. The molecule has 0 saturated heterocycles. The Morgan fingerprint density at radius 1 is 0.884 bits per heavy atom. The Bertz CT molecular complexity index is 1530. The van der Waals surface area contributed by atoms with E-state index in [1.807, 2.05) is 6.92 Å². The van der Waals surface area contributed by atoms with Crippen LogP contribution in [0.25, 0.3) is 0 Å². The lowest BCUT2D eigenvalue weighted by Gasteiger charge is -2.35. The molecule has 1 aliphatic carbocycles. The molecule has 3 aromatic rings. The zero-order chi connectivity index (χ0) is 31.1. The van der Waals surface area contributed by atoms with Crippen molar-refractivity contribution in [1.82, 2.24) is 10.2 Å². The van der Waals surface area contributed by atoms with Gasteiger partial charge in [0, 0.05) is 33.2 Å². The second-order valence-corrected chi connectivity index (χ2v) is 13.8. The lowest BCUT2D eigenvalue weighted by atomic mass is 9.95. The average molecular weight is 665 g/mol. The third-order valence-electron chi connectivity index (χ3n) is 7.85. The van der Waals surface area contributed by atoms with Crippen molar-refractivity contribution in [3.63, 3.8) is 0 Å². The Labute approximate surface area is 269 Å². The highest BCUT2D eigenvalue weighted by Crippen LogP contribution is 2.32. The number of amides is 2. The Hall–Kier alpha value is -2.78. The summed E-state index contributed by atoms with van der Waals surface area (Å²) in [5.74, 6) is -0.872. The maximum Gasteiger partial charge on any atom is 0.264 e. The molecular weight excluding hydrogens is 629 g/mol. The minimum Gasteiger partial charge on any atom is -0.352 e. The lowest BCUT2D eigenvalue weighted by Crippen LogP contribution is -2.54. The number of hydrogen-bond acceptors (Lipinski definition) is 4. The van der Waals surface area contributed by atoms with Crippen molar-refractivity contribution in [3.8, 4) is 0 Å². The van der Waals surface area contributed by atoms with Gasteiger partial charge in [-0.3, -0.25) is 13.9 Å². The number of halogens is 3. The summed E-state index contributed by atoms with van der Waals surface area (Å²) in [6, 6.07) is 17.0. The molecule has 230 valence electrons. The van der Waals surface area contributed by atoms with Gasteiger partial charge in [0.25, 0.3) is 10.0 Å². The van der Waals surface area contributed by atoms with Crippen molar-refractivity contribution in [1.29, 1.82) is 0 Å². The van der Waals surface area contributed by atoms with Gasteiger partial charge in [0.05, 0.1) is 10.6 Å². The van der Waals surface area contributed by atoms with Crippen LogP contribution in [0.3, 0.4) is 0 Å². The predicted octanol–water partition coefficient (Wildman–Crippen LogP) is 7.41. The van der Waals surface area contributed by atoms with Crippen LogP contribution < -0.4 is 9.62 Å². The van der Waals surface area contributed by atoms with E-state index in [4.69, 9.17) is 34.8 Å². The molecule has 1 N–H and O–H groups in total. The Balaban J connectivity index is 1.76. The van der Waals surface area contributed by atoms with E-state index in [1.54, 1.807) is 61.5 Å². The van der Waals surface area contributed by atoms with E-state index in [0.29, 0.717) is 32.6 Å². The molecule has 0 radical (unpaired) electrons. The summed E-state index contributed by atoms with van der Waals surface area (Å²) >= 11 is 19.4. The van der Waals surface area contributed by atoms with E-state index in [0.717, 1.165) is 36.4 Å². The monoisotopic (exact) mass is 663 g/mol. The second-order valence-electron chi connectivity index (χ2n) is 10.7. The average Bonchev–Trinajstić information content (AvgIpc) is 2.99. The number of nitrogens with zero attached hydrogens (tertiary/aromatic N) is 2. The van der Waals surface area contributed by atoms with Crippen molar-refractivity contribution in [3.05, 3.63) is 92.9 Å². The van der Waals surface area contributed by atoms with E-state index in [-0.39, 0.29) is 29.1 Å². The topological polar surface area (TPSA) is 86.8 Å². The van der Waals surface area contributed by atoms with Gasteiger partial charge in [-0.05, 0) is 68.1 Å². The van der Waals surface area contributed by atoms with Crippen LogP contribution in [0, 0.1) is 6.92 Å². The molecule has 11 heteroatoms. The number of carbonyl (C=O) groups excluding carboxylic acids is 2. The largest absolute Gasteiger partial charge is 0.352 e. The van der Waals surface area contributed by atoms with Crippen LogP contribution in [0.4, 0.5) is 5.69 Å². The number of carbonyl (C=O) groups is 2. The summed E-state index contributed by atoms with van der Waals surface area (Å²) in [6.45, 7) is 2.86. The van der Waals surface area contributed by atoms with Crippen LogP contribution in [0.2, 0.25) is 15.1 Å². The Morgan fingerprint density at radius 2 is 1.49 bits per heavy atom. The van der Waals surface area contributed by atoms with Crippen LogP contribution >= 0.6 is 34.8 Å². The fraction of sp³-hybridized carbons (Fsp3) is 0.375. The molecule has 1 fully saturated rings. The smallest absolute Gasteiger partial charge is 0.264 e. The molecule has 0 spiro atoms. The standard InChI is InChI=1S/C32H36Cl3N3O4S/c1-3-29(32(40)36-23-12-6-4-7-13-23)37(20-25-27(34)17-10-18-28(25)35)31(39)21-38(30-19-11-16-26(33)22(30)2)43(41,42)24-14-8-5-9-15-24/h5,8-11,14-19,23,29H,3-4,6-7,12-13,20-21H2,1-2H3,(H,36,40)/t29-/m1/s1. The number of benzene rings is 3. The molecule has 1 aliphatic rings. The van der Waals surface area contributed by atoms with Crippen LogP contribution in [-0.4, -0.2) is 43.8 Å². The second kappa shape index (κ2) is 14.8. The van der Waals surface area contributed by atoms with Crippen molar-refractivity contribution < 1.29 is 18.0 Å². The molecule has 4 rings (SSSR count). The molecule has 7 nitrogen and oxygen atoms in total. The first-order chi connectivity index (χ1) is 20.5. The number of sulfonamides is 1. The highest BCUT2D eigenvalue weighted by molar-refractivity contribution is 7.92. The molecular formula is C32H36Cl3N3O4S.